The zero-order chi connectivity index (χ0) is 11.4. The van der Waals surface area contributed by atoms with Gasteiger partial charge in [-0.05, 0) is 49.1 Å². The van der Waals surface area contributed by atoms with Crippen molar-refractivity contribution in [3.63, 3.8) is 0 Å². The number of rotatable bonds is 4. The number of hydrogen-bond donors (Lipinski definition) is 1. The second-order valence-electron chi connectivity index (χ2n) is 4.20. The first kappa shape index (κ1) is 12.2. The molecule has 1 aromatic rings. The highest BCUT2D eigenvalue weighted by molar-refractivity contribution is 5.36. The summed E-state index contributed by atoms with van der Waals surface area (Å²) in [6, 6.07) is 3.17. The zero-order valence-electron chi connectivity index (χ0n) is 9.81. The molecule has 0 aliphatic rings. The van der Waals surface area contributed by atoms with Crippen LogP contribution in [0.5, 0.6) is 0 Å². The molecule has 1 unspecified atom stereocenters. The van der Waals surface area contributed by atoms with Gasteiger partial charge in [0.05, 0.1) is 0 Å². The van der Waals surface area contributed by atoms with Crippen molar-refractivity contribution in [2.45, 2.75) is 46.1 Å². The van der Waals surface area contributed by atoms with Gasteiger partial charge < -0.3 is 5.73 Å². The standard InChI is InChI=1S/C13H20FN/c1-4-5-6-12(15)13-9(2)7-11(14)8-10(13)3/h7-8,12H,4-6,15H2,1-3H3. The Morgan fingerprint density at radius 3 is 2.27 bits per heavy atom. The first-order valence-corrected chi connectivity index (χ1v) is 5.58. The lowest BCUT2D eigenvalue weighted by atomic mass is 9.93. The van der Waals surface area contributed by atoms with Gasteiger partial charge in [-0.25, -0.2) is 4.39 Å². The molecule has 0 radical (unpaired) electrons. The van der Waals surface area contributed by atoms with Crippen LogP contribution in [0.4, 0.5) is 4.39 Å². The van der Waals surface area contributed by atoms with E-state index >= 15 is 0 Å². The Morgan fingerprint density at radius 2 is 1.80 bits per heavy atom. The van der Waals surface area contributed by atoms with Crippen LogP contribution in [0.2, 0.25) is 0 Å². The van der Waals surface area contributed by atoms with Gasteiger partial charge in [0.2, 0.25) is 0 Å². The molecule has 0 heterocycles. The number of halogens is 1. The Morgan fingerprint density at radius 1 is 1.27 bits per heavy atom. The van der Waals surface area contributed by atoms with Crippen LogP contribution in [0.25, 0.3) is 0 Å². The summed E-state index contributed by atoms with van der Waals surface area (Å²) in [5, 5.41) is 0. The van der Waals surface area contributed by atoms with E-state index in [0.29, 0.717) is 0 Å². The molecule has 0 aliphatic carbocycles. The Bertz CT molecular complexity index is 310. The van der Waals surface area contributed by atoms with E-state index in [9.17, 15) is 4.39 Å². The van der Waals surface area contributed by atoms with E-state index in [-0.39, 0.29) is 11.9 Å². The fourth-order valence-electron chi connectivity index (χ4n) is 2.08. The average molecular weight is 209 g/mol. The Kier molecular flexibility index (Phi) is 4.28. The molecule has 1 aromatic carbocycles. The molecule has 2 N–H and O–H groups in total. The number of nitrogens with two attached hydrogens (primary N) is 1. The molecule has 0 aromatic heterocycles. The summed E-state index contributed by atoms with van der Waals surface area (Å²) < 4.78 is 13.1. The van der Waals surface area contributed by atoms with Crippen molar-refractivity contribution in [1.29, 1.82) is 0 Å². The molecular weight excluding hydrogens is 189 g/mol. The molecule has 0 spiro atoms. The summed E-state index contributed by atoms with van der Waals surface area (Å²) in [6.07, 6.45) is 3.24. The maximum Gasteiger partial charge on any atom is 0.123 e. The van der Waals surface area contributed by atoms with E-state index in [2.05, 4.69) is 6.92 Å². The highest BCUT2D eigenvalue weighted by atomic mass is 19.1. The van der Waals surface area contributed by atoms with Crippen molar-refractivity contribution in [2.75, 3.05) is 0 Å². The van der Waals surface area contributed by atoms with Crippen LogP contribution < -0.4 is 5.73 Å². The minimum atomic E-state index is -0.170. The van der Waals surface area contributed by atoms with E-state index < -0.39 is 0 Å². The Hall–Kier alpha value is -0.890. The highest BCUT2D eigenvalue weighted by Crippen LogP contribution is 2.25. The molecule has 1 atom stereocenters. The van der Waals surface area contributed by atoms with Gasteiger partial charge in [-0.3, -0.25) is 0 Å². The van der Waals surface area contributed by atoms with E-state index in [4.69, 9.17) is 5.73 Å². The molecule has 15 heavy (non-hydrogen) atoms. The summed E-state index contributed by atoms with van der Waals surface area (Å²) >= 11 is 0. The molecular formula is C13H20FN. The van der Waals surface area contributed by atoms with Crippen LogP contribution >= 0.6 is 0 Å². The van der Waals surface area contributed by atoms with Crippen LogP contribution in [-0.2, 0) is 0 Å². The summed E-state index contributed by atoms with van der Waals surface area (Å²) in [4.78, 5) is 0. The lowest BCUT2D eigenvalue weighted by molar-refractivity contribution is 0.590. The summed E-state index contributed by atoms with van der Waals surface area (Å²) in [5.41, 5.74) is 9.16. The predicted octanol–water partition coefficient (Wildman–Crippen LogP) is 3.63. The largest absolute Gasteiger partial charge is 0.324 e. The van der Waals surface area contributed by atoms with Gasteiger partial charge >= 0.3 is 0 Å². The highest BCUT2D eigenvalue weighted by Gasteiger charge is 2.12. The SMILES string of the molecule is CCCCC(N)c1c(C)cc(F)cc1C. The van der Waals surface area contributed by atoms with Crippen LogP contribution in [0.3, 0.4) is 0 Å². The number of unbranched alkanes of at least 4 members (excludes halogenated alkanes) is 1. The monoisotopic (exact) mass is 209 g/mol. The fourth-order valence-corrected chi connectivity index (χ4v) is 2.08. The van der Waals surface area contributed by atoms with Gasteiger partial charge in [-0.15, -0.1) is 0 Å². The number of aryl methyl sites for hydroxylation is 2. The van der Waals surface area contributed by atoms with E-state index in [1.807, 2.05) is 13.8 Å². The van der Waals surface area contributed by atoms with Crippen LogP contribution in [0.1, 0.15) is 48.9 Å². The van der Waals surface area contributed by atoms with Gasteiger partial charge in [0.1, 0.15) is 5.82 Å². The molecule has 1 nitrogen and oxygen atoms in total. The topological polar surface area (TPSA) is 26.0 Å². The fraction of sp³-hybridized carbons (Fsp3) is 0.538. The summed E-state index contributed by atoms with van der Waals surface area (Å²) in [6.45, 7) is 6.01. The molecule has 0 fully saturated rings. The summed E-state index contributed by atoms with van der Waals surface area (Å²) in [7, 11) is 0. The van der Waals surface area contributed by atoms with Crippen LogP contribution in [0, 0.1) is 19.7 Å². The van der Waals surface area contributed by atoms with Crippen molar-refractivity contribution in [2.24, 2.45) is 5.73 Å². The first-order valence-electron chi connectivity index (χ1n) is 5.58. The van der Waals surface area contributed by atoms with Crippen LogP contribution in [0.15, 0.2) is 12.1 Å². The third-order valence-electron chi connectivity index (χ3n) is 2.80. The van der Waals surface area contributed by atoms with Crippen molar-refractivity contribution >= 4 is 0 Å². The molecule has 84 valence electrons. The predicted molar refractivity (Wildman–Crippen MR) is 62.3 cm³/mol. The van der Waals surface area contributed by atoms with E-state index in [0.717, 1.165) is 36.0 Å². The lowest BCUT2D eigenvalue weighted by Gasteiger charge is -2.17. The average Bonchev–Trinajstić information content (AvgIpc) is 2.12. The molecule has 2 heteroatoms. The van der Waals surface area contributed by atoms with Crippen molar-refractivity contribution in [3.05, 3.63) is 34.6 Å². The minimum Gasteiger partial charge on any atom is -0.324 e. The smallest absolute Gasteiger partial charge is 0.123 e. The zero-order valence-corrected chi connectivity index (χ0v) is 9.81. The van der Waals surface area contributed by atoms with Crippen molar-refractivity contribution < 1.29 is 4.39 Å². The minimum absolute atomic E-state index is 0.0468. The van der Waals surface area contributed by atoms with Crippen molar-refractivity contribution in [1.82, 2.24) is 0 Å². The van der Waals surface area contributed by atoms with Gasteiger partial charge in [0.25, 0.3) is 0 Å². The van der Waals surface area contributed by atoms with E-state index in [1.165, 1.54) is 0 Å². The summed E-state index contributed by atoms with van der Waals surface area (Å²) in [5.74, 6) is -0.170. The maximum absolute atomic E-state index is 13.1. The quantitative estimate of drug-likeness (QED) is 0.805. The van der Waals surface area contributed by atoms with Crippen molar-refractivity contribution in [3.8, 4) is 0 Å². The Labute approximate surface area is 91.5 Å². The molecule has 0 aliphatic heterocycles. The second kappa shape index (κ2) is 5.26. The Balaban J connectivity index is 2.92. The molecule has 0 amide bonds. The van der Waals surface area contributed by atoms with E-state index in [1.54, 1.807) is 12.1 Å². The van der Waals surface area contributed by atoms with Gasteiger partial charge in [0, 0.05) is 6.04 Å². The second-order valence-corrected chi connectivity index (χ2v) is 4.20. The molecule has 0 saturated carbocycles. The molecule has 0 saturated heterocycles. The first-order chi connectivity index (χ1) is 7.06. The normalized spacial score (nSPS) is 12.9. The van der Waals surface area contributed by atoms with Gasteiger partial charge in [-0.2, -0.15) is 0 Å². The number of benzene rings is 1. The third-order valence-corrected chi connectivity index (χ3v) is 2.80. The molecule has 0 bridgehead atoms. The number of hydrogen-bond acceptors (Lipinski definition) is 1. The molecule has 1 rings (SSSR count). The van der Waals surface area contributed by atoms with Gasteiger partial charge in [-0.1, -0.05) is 19.8 Å². The third kappa shape index (κ3) is 3.03. The lowest BCUT2D eigenvalue weighted by Crippen LogP contribution is -2.13. The maximum atomic E-state index is 13.1. The van der Waals surface area contributed by atoms with Gasteiger partial charge in [0.15, 0.2) is 0 Å². The van der Waals surface area contributed by atoms with Crippen LogP contribution in [-0.4, -0.2) is 0 Å².